The summed E-state index contributed by atoms with van der Waals surface area (Å²) >= 11 is 5.64. The number of halogens is 2. The fraction of sp³-hybridized carbons (Fsp3) is 0.286. The normalized spacial score (nSPS) is 11.2. The molecule has 0 aliphatic carbocycles. The van der Waals surface area contributed by atoms with Crippen LogP contribution in [0.5, 0.6) is 0 Å². The molecule has 1 N–H and O–H groups in total. The highest BCUT2D eigenvalue weighted by Crippen LogP contribution is 2.25. The van der Waals surface area contributed by atoms with Crippen LogP contribution >= 0.6 is 11.6 Å². The summed E-state index contributed by atoms with van der Waals surface area (Å²) in [5.74, 6) is 1.03. The van der Waals surface area contributed by atoms with Crippen molar-refractivity contribution in [3.63, 3.8) is 0 Å². The molecule has 0 atom stereocenters. The molecule has 0 saturated carbocycles. The average Bonchev–Trinajstić information content (AvgIpc) is 2.79. The monoisotopic (exact) mass is 267 g/mol. The van der Waals surface area contributed by atoms with Gasteiger partial charge in [-0.25, -0.2) is 4.39 Å². The Morgan fingerprint density at radius 1 is 1.28 bits per heavy atom. The molecule has 0 radical (unpaired) electrons. The van der Waals surface area contributed by atoms with Crippen molar-refractivity contribution in [1.82, 2.24) is 5.32 Å². The van der Waals surface area contributed by atoms with Gasteiger partial charge in [0, 0.05) is 11.6 Å². The number of benzene rings is 1. The van der Waals surface area contributed by atoms with Crippen molar-refractivity contribution in [3.05, 3.63) is 46.9 Å². The van der Waals surface area contributed by atoms with Gasteiger partial charge in [0.05, 0.1) is 11.6 Å². The lowest BCUT2D eigenvalue weighted by atomic mass is 10.2. The largest absolute Gasteiger partial charge is 0.460 e. The molecule has 0 fully saturated rings. The second-order valence-corrected chi connectivity index (χ2v) is 4.84. The summed E-state index contributed by atoms with van der Waals surface area (Å²) in [6.07, 6.45) is 0. The first-order chi connectivity index (χ1) is 8.56. The second-order valence-electron chi connectivity index (χ2n) is 4.43. The quantitative estimate of drug-likeness (QED) is 0.896. The summed E-state index contributed by atoms with van der Waals surface area (Å²) in [5.41, 5.74) is 0.688. The van der Waals surface area contributed by atoms with Crippen LogP contribution in [0.4, 0.5) is 4.39 Å². The summed E-state index contributed by atoms with van der Waals surface area (Å²) in [6, 6.07) is 8.76. The van der Waals surface area contributed by atoms with E-state index in [0.717, 1.165) is 5.76 Å². The van der Waals surface area contributed by atoms with E-state index >= 15 is 0 Å². The Morgan fingerprint density at radius 2 is 2.06 bits per heavy atom. The number of hydrogen-bond donors (Lipinski definition) is 1. The number of furan rings is 1. The smallest absolute Gasteiger partial charge is 0.142 e. The van der Waals surface area contributed by atoms with Crippen LogP contribution in [0.3, 0.4) is 0 Å². The number of nitrogens with one attached hydrogen (secondary N) is 1. The highest BCUT2D eigenvalue weighted by Gasteiger charge is 2.08. The third-order valence-corrected chi connectivity index (χ3v) is 2.86. The molecule has 0 unspecified atom stereocenters. The zero-order valence-corrected chi connectivity index (χ0v) is 11.1. The van der Waals surface area contributed by atoms with Gasteiger partial charge in [0.15, 0.2) is 0 Å². The summed E-state index contributed by atoms with van der Waals surface area (Å²) in [4.78, 5) is 0. The fourth-order valence-corrected chi connectivity index (χ4v) is 1.70. The van der Waals surface area contributed by atoms with Gasteiger partial charge in [0.25, 0.3) is 0 Å². The molecule has 0 aliphatic rings. The minimum Gasteiger partial charge on any atom is -0.460 e. The maximum absolute atomic E-state index is 13.3. The topological polar surface area (TPSA) is 25.2 Å². The molecule has 1 heterocycles. The molecule has 0 amide bonds. The number of hydrogen-bond acceptors (Lipinski definition) is 2. The fourth-order valence-electron chi connectivity index (χ4n) is 1.58. The molecule has 96 valence electrons. The molecular formula is C14H15ClFNO. The van der Waals surface area contributed by atoms with Crippen LogP contribution in [0.1, 0.15) is 19.6 Å². The van der Waals surface area contributed by atoms with E-state index in [1.807, 2.05) is 12.1 Å². The van der Waals surface area contributed by atoms with E-state index < -0.39 is 5.82 Å². The lowest BCUT2D eigenvalue weighted by molar-refractivity contribution is 0.473. The van der Waals surface area contributed by atoms with E-state index in [1.165, 1.54) is 12.1 Å². The first-order valence-electron chi connectivity index (χ1n) is 5.84. The Morgan fingerprint density at radius 3 is 2.72 bits per heavy atom. The molecule has 2 aromatic rings. The van der Waals surface area contributed by atoms with E-state index in [0.29, 0.717) is 23.9 Å². The maximum Gasteiger partial charge on any atom is 0.142 e. The molecule has 4 heteroatoms. The molecule has 2 nitrogen and oxygen atoms in total. The highest BCUT2D eigenvalue weighted by molar-refractivity contribution is 6.30. The van der Waals surface area contributed by atoms with Crippen molar-refractivity contribution in [2.45, 2.75) is 26.4 Å². The predicted octanol–water partition coefficient (Wildman–Crippen LogP) is 4.24. The van der Waals surface area contributed by atoms with Crippen molar-refractivity contribution >= 4 is 11.6 Å². The Balaban J connectivity index is 2.16. The molecule has 0 aliphatic heterocycles. The van der Waals surface area contributed by atoms with E-state index in [4.69, 9.17) is 16.0 Å². The molecule has 0 spiro atoms. The molecular weight excluding hydrogens is 253 g/mol. The van der Waals surface area contributed by atoms with Crippen molar-refractivity contribution in [1.29, 1.82) is 0 Å². The van der Waals surface area contributed by atoms with Crippen LogP contribution in [-0.2, 0) is 6.54 Å². The summed E-state index contributed by atoms with van der Waals surface area (Å²) in [7, 11) is 0. The van der Waals surface area contributed by atoms with Gasteiger partial charge in [-0.3, -0.25) is 0 Å². The van der Waals surface area contributed by atoms with Crippen LogP contribution in [0.2, 0.25) is 5.02 Å². The highest BCUT2D eigenvalue weighted by atomic mass is 35.5. The molecule has 1 aromatic carbocycles. The molecule has 2 rings (SSSR count). The van der Waals surface area contributed by atoms with Crippen LogP contribution in [0.25, 0.3) is 11.3 Å². The molecule has 0 saturated heterocycles. The van der Waals surface area contributed by atoms with Crippen LogP contribution in [-0.4, -0.2) is 6.04 Å². The Kier molecular flexibility index (Phi) is 4.04. The van der Waals surface area contributed by atoms with Crippen LogP contribution < -0.4 is 5.32 Å². The van der Waals surface area contributed by atoms with Crippen molar-refractivity contribution in [3.8, 4) is 11.3 Å². The summed E-state index contributed by atoms with van der Waals surface area (Å²) in [6.45, 7) is 4.80. The SMILES string of the molecule is CC(C)NCc1ccc(-c2ccc(Cl)c(F)c2)o1. The average molecular weight is 268 g/mol. The standard InChI is InChI=1S/C14H15ClFNO/c1-9(2)17-8-11-4-6-14(18-11)10-3-5-12(15)13(16)7-10/h3-7,9,17H,8H2,1-2H3. The van der Waals surface area contributed by atoms with Crippen LogP contribution in [0, 0.1) is 5.82 Å². The van der Waals surface area contributed by atoms with Gasteiger partial charge in [-0.15, -0.1) is 0 Å². The zero-order chi connectivity index (χ0) is 13.1. The zero-order valence-electron chi connectivity index (χ0n) is 10.3. The first-order valence-corrected chi connectivity index (χ1v) is 6.21. The van der Waals surface area contributed by atoms with Gasteiger partial charge in [-0.1, -0.05) is 25.4 Å². The Hall–Kier alpha value is -1.32. The third kappa shape index (κ3) is 3.12. The second kappa shape index (κ2) is 5.55. The molecule has 0 bridgehead atoms. The van der Waals surface area contributed by atoms with Crippen LogP contribution in [0.15, 0.2) is 34.7 Å². The van der Waals surface area contributed by atoms with Gasteiger partial charge in [0.1, 0.15) is 17.3 Å². The first kappa shape index (κ1) is 13.1. The molecule has 18 heavy (non-hydrogen) atoms. The van der Waals surface area contributed by atoms with E-state index in [-0.39, 0.29) is 5.02 Å². The van der Waals surface area contributed by atoms with E-state index in [9.17, 15) is 4.39 Å². The minimum atomic E-state index is -0.438. The molecule has 1 aromatic heterocycles. The lowest BCUT2D eigenvalue weighted by Crippen LogP contribution is -2.21. The summed E-state index contributed by atoms with van der Waals surface area (Å²) in [5, 5.41) is 3.38. The summed E-state index contributed by atoms with van der Waals surface area (Å²) < 4.78 is 19.0. The lowest BCUT2D eigenvalue weighted by Gasteiger charge is -2.05. The van der Waals surface area contributed by atoms with Crippen molar-refractivity contribution in [2.75, 3.05) is 0 Å². The van der Waals surface area contributed by atoms with Gasteiger partial charge < -0.3 is 9.73 Å². The predicted molar refractivity (Wildman–Crippen MR) is 71.1 cm³/mol. The van der Waals surface area contributed by atoms with Crippen molar-refractivity contribution in [2.24, 2.45) is 0 Å². The number of rotatable bonds is 4. The Labute approximate surface area is 111 Å². The maximum atomic E-state index is 13.3. The Bertz CT molecular complexity index is 536. The van der Waals surface area contributed by atoms with Gasteiger partial charge >= 0.3 is 0 Å². The van der Waals surface area contributed by atoms with Gasteiger partial charge in [-0.2, -0.15) is 0 Å². The third-order valence-electron chi connectivity index (χ3n) is 2.55. The minimum absolute atomic E-state index is 0.118. The van der Waals surface area contributed by atoms with E-state index in [2.05, 4.69) is 19.2 Å². The van der Waals surface area contributed by atoms with Gasteiger partial charge in [0.2, 0.25) is 0 Å². The van der Waals surface area contributed by atoms with Crippen molar-refractivity contribution < 1.29 is 8.81 Å². The van der Waals surface area contributed by atoms with Gasteiger partial charge in [-0.05, 0) is 30.3 Å². The van der Waals surface area contributed by atoms with E-state index in [1.54, 1.807) is 6.07 Å².